The number of hydrogen-bond acceptors (Lipinski definition) is 3. The van der Waals surface area contributed by atoms with Crippen molar-refractivity contribution in [3.63, 3.8) is 0 Å². The largest absolute Gasteiger partial charge is 0.494 e. The highest BCUT2D eigenvalue weighted by Crippen LogP contribution is 2.31. The van der Waals surface area contributed by atoms with Gasteiger partial charge in [0.2, 0.25) is 5.88 Å². The van der Waals surface area contributed by atoms with E-state index in [1.54, 1.807) is 10.8 Å². The molecule has 1 aliphatic rings. The molecule has 4 nitrogen and oxygen atoms in total. The number of fused-ring (bicyclic) bond motifs is 1. The number of thiophene rings is 1. The Morgan fingerprint density at radius 2 is 2.33 bits per heavy atom. The molecule has 0 saturated carbocycles. The van der Waals surface area contributed by atoms with Crippen LogP contribution in [-0.4, -0.2) is 21.8 Å². The molecule has 2 aromatic rings. The van der Waals surface area contributed by atoms with Crippen LogP contribution in [0, 0.1) is 0 Å². The van der Waals surface area contributed by atoms with Crippen LogP contribution in [0.2, 0.25) is 0 Å². The first-order valence-corrected chi connectivity index (χ1v) is 5.22. The maximum absolute atomic E-state index is 11.3. The highest BCUT2D eigenvalue weighted by Gasteiger charge is 2.24. The number of carbonyl (C=O) groups excluding carboxylic acids is 1. The molecule has 0 spiro atoms. The number of carbonyl (C=O) groups is 1. The monoisotopic (exact) mass is 218 g/mol. The fourth-order valence-electron chi connectivity index (χ4n) is 1.58. The molecular weight excluding hydrogens is 212 g/mol. The smallest absolute Gasteiger partial charge is 0.279 e. The first-order chi connectivity index (χ1) is 7.27. The molecule has 0 atom stereocenters. The van der Waals surface area contributed by atoms with Crippen LogP contribution in [-0.2, 0) is 0 Å². The third kappa shape index (κ3) is 1.07. The van der Waals surface area contributed by atoms with Crippen molar-refractivity contribution in [3.05, 3.63) is 34.8 Å². The highest BCUT2D eigenvalue weighted by molar-refractivity contribution is 7.12. The lowest BCUT2D eigenvalue weighted by Gasteiger charge is -2.00. The fraction of sp³-hybridized carbons (Fsp3) is 0. The molecule has 0 unspecified atom stereocenters. The summed E-state index contributed by atoms with van der Waals surface area (Å²) in [6, 6.07) is 3.77. The van der Waals surface area contributed by atoms with Gasteiger partial charge in [0.15, 0.2) is 0 Å². The molecule has 3 heterocycles. The molecule has 0 aromatic carbocycles. The van der Waals surface area contributed by atoms with Gasteiger partial charge in [-0.1, -0.05) is 0 Å². The summed E-state index contributed by atoms with van der Waals surface area (Å²) in [5, 5.41) is 12.7. The molecule has 3 rings (SSSR count). The Morgan fingerprint density at radius 3 is 3.00 bits per heavy atom. The zero-order valence-corrected chi connectivity index (χ0v) is 8.36. The topological polar surface area (TPSA) is 54.6 Å². The predicted octanol–water partition coefficient (Wildman–Crippen LogP) is 1.82. The summed E-state index contributed by atoms with van der Waals surface area (Å²) in [5.74, 6) is -0.224. The van der Waals surface area contributed by atoms with Crippen molar-refractivity contribution in [3.8, 4) is 10.9 Å². The zero-order valence-electron chi connectivity index (χ0n) is 7.54. The molecule has 1 N–H and O–H groups in total. The number of amides is 1. The van der Waals surface area contributed by atoms with E-state index >= 15 is 0 Å². The van der Waals surface area contributed by atoms with Crippen molar-refractivity contribution in [2.75, 3.05) is 0 Å². The average molecular weight is 218 g/mol. The van der Waals surface area contributed by atoms with Crippen molar-refractivity contribution in [1.29, 1.82) is 0 Å². The van der Waals surface area contributed by atoms with Gasteiger partial charge < -0.3 is 5.11 Å². The Kier molecular flexibility index (Phi) is 1.58. The van der Waals surface area contributed by atoms with Crippen molar-refractivity contribution < 1.29 is 9.90 Å². The third-order valence-electron chi connectivity index (χ3n) is 2.30. The highest BCUT2D eigenvalue weighted by atomic mass is 32.1. The van der Waals surface area contributed by atoms with Crippen LogP contribution in [0.1, 0.15) is 15.9 Å². The minimum Gasteiger partial charge on any atom is -0.494 e. The lowest BCUT2D eigenvalue weighted by Crippen LogP contribution is -1.90. The van der Waals surface area contributed by atoms with E-state index in [9.17, 15) is 9.90 Å². The van der Waals surface area contributed by atoms with E-state index < -0.39 is 0 Å². The Labute approximate surface area is 89.1 Å². The van der Waals surface area contributed by atoms with Gasteiger partial charge in [0, 0.05) is 12.4 Å². The molecular formula is C10H6N2O2S. The summed E-state index contributed by atoms with van der Waals surface area (Å²) < 4.78 is 1.60. The normalized spacial score (nSPS) is 13.5. The van der Waals surface area contributed by atoms with Gasteiger partial charge >= 0.3 is 0 Å². The Morgan fingerprint density at radius 1 is 1.47 bits per heavy atom. The van der Waals surface area contributed by atoms with Crippen molar-refractivity contribution in [1.82, 2.24) is 4.57 Å². The molecule has 0 bridgehead atoms. The molecule has 5 heteroatoms. The van der Waals surface area contributed by atoms with Gasteiger partial charge in [-0.2, -0.15) is 0 Å². The molecule has 15 heavy (non-hydrogen) atoms. The molecule has 0 saturated heterocycles. The first-order valence-electron chi connectivity index (χ1n) is 4.34. The van der Waals surface area contributed by atoms with Crippen LogP contribution in [0.4, 0.5) is 0 Å². The minimum atomic E-state index is -0.296. The Hall–Kier alpha value is -1.88. The Bertz CT molecular complexity index is 567. The van der Waals surface area contributed by atoms with E-state index in [1.807, 2.05) is 17.5 Å². The second kappa shape index (κ2) is 2.80. The quantitative estimate of drug-likeness (QED) is 0.793. The van der Waals surface area contributed by atoms with Gasteiger partial charge in [0.25, 0.3) is 5.91 Å². The summed E-state index contributed by atoms with van der Waals surface area (Å²) in [5.41, 5.74) is 0.967. The minimum absolute atomic E-state index is 0.0713. The number of aromatic nitrogens is 1. The second-order valence-electron chi connectivity index (χ2n) is 3.16. The second-order valence-corrected chi connectivity index (χ2v) is 4.09. The molecule has 2 aromatic heterocycles. The molecule has 1 aliphatic heterocycles. The van der Waals surface area contributed by atoms with E-state index in [0.29, 0.717) is 11.1 Å². The molecule has 0 fully saturated rings. The first kappa shape index (κ1) is 8.43. The van der Waals surface area contributed by atoms with Crippen LogP contribution in [0.5, 0.6) is 5.88 Å². The zero-order chi connectivity index (χ0) is 10.4. The van der Waals surface area contributed by atoms with Gasteiger partial charge in [-0.05, 0) is 17.5 Å². The van der Waals surface area contributed by atoms with Gasteiger partial charge in [-0.15, -0.1) is 11.3 Å². The SMILES string of the molecule is O=C1N=Cc2c1cn(-c1cccs1)c2O. The number of aromatic hydroxyl groups is 1. The van der Waals surface area contributed by atoms with Crippen molar-refractivity contribution >= 4 is 23.5 Å². The number of aliphatic imine (C=N–C) groups is 1. The molecule has 0 radical (unpaired) electrons. The maximum Gasteiger partial charge on any atom is 0.279 e. The number of nitrogens with zero attached hydrogens (tertiary/aromatic N) is 2. The molecule has 1 amide bonds. The van der Waals surface area contributed by atoms with Crippen molar-refractivity contribution in [2.45, 2.75) is 0 Å². The van der Waals surface area contributed by atoms with Gasteiger partial charge in [-0.25, -0.2) is 4.99 Å². The van der Waals surface area contributed by atoms with E-state index in [1.165, 1.54) is 17.6 Å². The van der Waals surface area contributed by atoms with E-state index in [2.05, 4.69) is 4.99 Å². The summed E-state index contributed by atoms with van der Waals surface area (Å²) >= 11 is 1.50. The van der Waals surface area contributed by atoms with Gasteiger partial charge in [0.1, 0.15) is 5.00 Å². The fourth-order valence-corrected chi connectivity index (χ4v) is 2.28. The van der Waals surface area contributed by atoms with Crippen LogP contribution in [0.15, 0.2) is 28.7 Å². The summed E-state index contributed by atoms with van der Waals surface area (Å²) in [6.07, 6.45) is 3.02. The standard InChI is InChI=1S/C10H6N2O2S/c13-9-7-5-12(8-2-1-3-15-8)10(14)6(7)4-11-9/h1-5,14H. The van der Waals surface area contributed by atoms with E-state index in [0.717, 1.165) is 5.00 Å². The van der Waals surface area contributed by atoms with E-state index in [-0.39, 0.29) is 11.8 Å². The summed E-state index contributed by atoms with van der Waals surface area (Å²) in [7, 11) is 0. The van der Waals surface area contributed by atoms with Crippen LogP contribution in [0.25, 0.3) is 5.00 Å². The van der Waals surface area contributed by atoms with Crippen molar-refractivity contribution in [2.24, 2.45) is 4.99 Å². The van der Waals surface area contributed by atoms with Crippen LogP contribution < -0.4 is 0 Å². The number of rotatable bonds is 1. The predicted molar refractivity (Wildman–Crippen MR) is 57.2 cm³/mol. The molecule has 74 valence electrons. The van der Waals surface area contributed by atoms with Gasteiger partial charge in [0.05, 0.1) is 11.1 Å². The third-order valence-corrected chi connectivity index (χ3v) is 3.17. The summed E-state index contributed by atoms with van der Waals surface area (Å²) in [6.45, 7) is 0. The van der Waals surface area contributed by atoms with Crippen LogP contribution >= 0.6 is 11.3 Å². The molecule has 0 aliphatic carbocycles. The van der Waals surface area contributed by atoms with Gasteiger partial charge in [-0.3, -0.25) is 9.36 Å². The summed E-state index contributed by atoms with van der Waals surface area (Å²) in [4.78, 5) is 14.9. The lowest BCUT2D eigenvalue weighted by atomic mass is 10.2. The number of hydrogen-bond donors (Lipinski definition) is 1. The average Bonchev–Trinajstić information content (AvgIpc) is 2.87. The van der Waals surface area contributed by atoms with Crippen LogP contribution in [0.3, 0.4) is 0 Å². The Balaban J connectivity index is 2.24. The lowest BCUT2D eigenvalue weighted by molar-refractivity contribution is 0.101. The maximum atomic E-state index is 11.3. The van der Waals surface area contributed by atoms with E-state index in [4.69, 9.17) is 0 Å².